The van der Waals surface area contributed by atoms with Gasteiger partial charge in [-0.05, 0) is 67.1 Å². The predicted octanol–water partition coefficient (Wildman–Crippen LogP) is 6.32. The molecule has 0 radical (unpaired) electrons. The topological polar surface area (TPSA) is 84.8 Å². The second-order valence-electron chi connectivity index (χ2n) is 7.33. The fraction of sp³-hybridized carbons (Fsp3) is 0.115. The van der Waals surface area contributed by atoms with E-state index in [1.54, 1.807) is 36.4 Å². The first-order chi connectivity index (χ1) is 16.0. The molecule has 0 aliphatic rings. The molecule has 2 N–H and O–H groups in total. The molecule has 4 rings (SSSR count). The number of aliphatic hydroxyl groups is 1. The molecule has 0 aliphatic carbocycles. The lowest BCUT2D eigenvalue weighted by Gasteiger charge is -2.10. The Morgan fingerprint density at radius 1 is 1.03 bits per heavy atom. The monoisotopic (exact) mass is 463 g/mol. The van der Waals surface area contributed by atoms with E-state index in [0.717, 1.165) is 16.7 Å². The summed E-state index contributed by atoms with van der Waals surface area (Å²) in [5, 5.41) is 12.7. The maximum absolute atomic E-state index is 12.5. The van der Waals surface area contributed by atoms with Crippen molar-refractivity contribution in [3.8, 4) is 28.4 Å². The fourth-order valence-corrected chi connectivity index (χ4v) is 3.43. The van der Waals surface area contributed by atoms with E-state index in [1.165, 1.54) is 13.2 Å². The summed E-state index contributed by atoms with van der Waals surface area (Å²) in [4.78, 5) is 12.5. The molecular formula is C26H22ClNO5. The normalized spacial score (nSPS) is 11.2. The van der Waals surface area contributed by atoms with Crippen molar-refractivity contribution >= 4 is 29.3 Å². The first kappa shape index (κ1) is 22.5. The number of rotatable bonds is 7. The van der Waals surface area contributed by atoms with Crippen LogP contribution < -0.4 is 10.1 Å². The van der Waals surface area contributed by atoms with E-state index in [0.29, 0.717) is 39.5 Å². The number of furan rings is 2. The van der Waals surface area contributed by atoms with Gasteiger partial charge in [0.05, 0.1) is 12.8 Å². The molecule has 0 aliphatic heterocycles. The van der Waals surface area contributed by atoms with Gasteiger partial charge in [-0.15, -0.1) is 0 Å². The van der Waals surface area contributed by atoms with Gasteiger partial charge in [0.2, 0.25) is 5.91 Å². The molecule has 33 heavy (non-hydrogen) atoms. The van der Waals surface area contributed by atoms with Crippen LogP contribution in [-0.4, -0.2) is 18.1 Å². The molecule has 0 unspecified atom stereocenters. The zero-order valence-corrected chi connectivity index (χ0v) is 18.8. The van der Waals surface area contributed by atoms with Gasteiger partial charge in [0.25, 0.3) is 0 Å². The molecule has 7 heteroatoms. The van der Waals surface area contributed by atoms with Gasteiger partial charge in [-0.1, -0.05) is 23.7 Å². The predicted molar refractivity (Wildman–Crippen MR) is 128 cm³/mol. The van der Waals surface area contributed by atoms with Gasteiger partial charge < -0.3 is 24.0 Å². The molecule has 2 aromatic carbocycles. The summed E-state index contributed by atoms with van der Waals surface area (Å²) < 4.78 is 16.7. The van der Waals surface area contributed by atoms with Crippen LogP contribution in [-0.2, 0) is 11.4 Å². The summed E-state index contributed by atoms with van der Waals surface area (Å²) in [7, 11) is 1.53. The highest BCUT2D eigenvalue weighted by molar-refractivity contribution is 6.31. The van der Waals surface area contributed by atoms with Gasteiger partial charge in [-0.2, -0.15) is 0 Å². The largest absolute Gasteiger partial charge is 0.495 e. The summed E-state index contributed by atoms with van der Waals surface area (Å²) in [5.41, 5.74) is 3.07. The summed E-state index contributed by atoms with van der Waals surface area (Å²) in [6.07, 6.45) is 2.97. The molecule has 1 amide bonds. The zero-order chi connectivity index (χ0) is 23.4. The van der Waals surface area contributed by atoms with Crippen molar-refractivity contribution in [2.24, 2.45) is 0 Å². The van der Waals surface area contributed by atoms with Crippen molar-refractivity contribution < 1.29 is 23.5 Å². The Morgan fingerprint density at radius 2 is 1.76 bits per heavy atom. The third kappa shape index (κ3) is 5.19. The number of halogens is 1. The van der Waals surface area contributed by atoms with E-state index in [2.05, 4.69) is 5.32 Å². The van der Waals surface area contributed by atoms with Gasteiger partial charge >= 0.3 is 0 Å². The SMILES string of the molecule is COc1ccc(-c2ccc(CO)o2)cc1NC(=O)/C=C/c1ccc(-c2ccc(C)c(Cl)c2)o1. The van der Waals surface area contributed by atoms with Crippen molar-refractivity contribution in [1.29, 1.82) is 0 Å². The van der Waals surface area contributed by atoms with Crippen molar-refractivity contribution in [3.63, 3.8) is 0 Å². The number of aryl methyl sites for hydroxylation is 1. The number of nitrogens with one attached hydrogen (secondary N) is 1. The van der Waals surface area contributed by atoms with Crippen LogP contribution in [0.3, 0.4) is 0 Å². The van der Waals surface area contributed by atoms with Crippen LogP contribution >= 0.6 is 11.6 Å². The van der Waals surface area contributed by atoms with E-state index in [1.807, 2.05) is 37.3 Å². The third-order valence-corrected chi connectivity index (χ3v) is 5.45. The van der Waals surface area contributed by atoms with Crippen LogP contribution in [0, 0.1) is 6.92 Å². The highest BCUT2D eigenvalue weighted by atomic mass is 35.5. The lowest BCUT2D eigenvalue weighted by molar-refractivity contribution is -0.111. The number of methoxy groups -OCH3 is 1. The van der Waals surface area contributed by atoms with E-state index >= 15 is 0 Å². The highest BCUT2D eigenvalue weighted by Gasteiger charge is 2.11. The van der Waals surface area contributed by atoms with Gasteiger partial charge in [0.1, 0.15) is 35.4 Å². The standard InChI is InChI=1S/C26H22ClNO5/c1-16-3-4-17(13-21(16)27)23-10-6-19(32-23)8-12-26(30)28-22-14-18(5-9-25(22)31-2)24-11-7-20(15-29)33-24/h3-14,29H,15H2,1-2H3,(H,28,30)/b12-8+. The smallest absolute Gasteiger partial charge is 0.248 e. The molecule has 168 valence electrons. The average Bonchev–Trinajstić information content (AvgIpc) is 3.49. The maximum atomic E-state index is 12.5. The maximum Gasteiger partial charge on any atom is 0.248 e. The van der Waals surface area contributed by atoms with Crippen molar-refractivity contribution in [3.05, 3.63) is 88.8 Å². The Bertz CT molecular complexity index is 1320. The van der Waals surface area contributed by atoms with E-state index in [4.69, 9.17) is 25.2 Å². The van der Waals surface area contributed by atoms with Crippen molar-refractivity contribution in [2.75, 3.05) is 12.4 Å². The minimum atomic E-state index is -0.350. The average molecular weight is 464 g/mol. The van der Waals surface area contributed by atoms with Crippen LogP contribution in [0.5, 0.6) is 5.75 Å². The summed E-state index contributed by atoms with van der Waals surface area (Å²) in [5.74, 6) is 2.38. The molecule has 2 heterocycles. The minimum absolute atomic E-state index is 0.185. The number of hydrogen-bond donors (Lipinski definition) is 2. The molecule has 0 atom stereocenters. The Labute approximate surface area is 196 Å². The first-order valence-electron chi connectivity index (χ1n) is 10.2. The number of amides is 1. The lowest BCUT2D eigenvalue weighted by Crippen LogP contribution is -2.09. The quantitative estimate of drug-likeness (QED) is 0.313. The van der Waals surface area contributed by atoms with Crippen LogP contribution in [0.4, 0.5) is 5.69 Å². The number of benzene rings is 2. The molecule has 4 aromatic rings. The van der Waals surface area contributed by atoms with Crippen molar-refractivity contribution in [2.45, 2.75) is 13.5 Å². The summed E-state index contributed by atoms with van der Waals surface area (Å²) >= 11 is 6.20. The number of hydrogen-bond acceptors (Lipinski definition) is 5. The number of aliphatic hydroxyl groups excluding tert-OH is 1. The lowest BCUT2D eigenvalue weighted by atomic mass is 10.1. The van der Waals surface area contributed by atoms with Crippen LogP contribution in [0.2, 0.25) is 5.02 Å². The van der Waals surface area contributed by atoms with Gasteiger partial charge in [0.15, 0.2) is 0 Å². The number of carbonyl (C=O) groups excluding carboxylic acids is 1. The molecule has 0 saturated heterocycles. The van der Waals surface area contributed by atoms with Gasteiger partial charge in [-0.25, -0.2) is 0 Å². The van der Waals surface area contributed by atoms with Gasteiger partial charge in [0, 0.05) is 22.2 Å². The fourth-order valence-electron chi connectivity index (χ4n) is 3.25. The summed E-state index contributed by atoms with van der Waals surface area (Å²) in [6.45, 7) is 1.75. The van der Waals surface area contributed by atoms with Crippen molar-refractivity contribution in [1.82, 2.24) is 0 Å². The Kier molecular flexibility index (Phi) is 6.68. The molecule has 2 aromatic heterocycles. The molecule has 0 bridgehead atoms. The van der Waals surface area contributed by atoms with E-state index in [9.17, 15) is 9.90 Å². The Balaban J connectivity index is 1.48. The van der Waals surface area contributed by atoms with Crippen LogP contribution in [0.1, 0.15) is 17.1 Å². The third-order valence-electron chi connectivity index (χ3n) is 5.04. The molecule has 0 fully saturated rings. The van der Waals surface area contributed by atoms with E-state index in [-0.39, 0.29) is 12.5 Å². The highest BCUT2D eigenvalue weighted by Crippen LogP contribution is 2.32. The van der Waals surface area contributed by atoms with Crippen LogP contribution in [0.25, 0.3) is 28.7 Å². The van der Waals surface area contributed by atoms with Gasteiger partial charge in [-0.3, -0.25) is 4.79 Å². The molecular weight excluding hydrogens is 442 g/mol. The molecule has 0 saturated carbocycles. The van der Waals surface area contributed by atoms with E-state index < -0.39 is 0 Å². The number of carbonyl (C=O) groups is 1. The molecule has 6 nitrogen and oxygen atoms in total. The minimum Gasteiger partial charge on any atom is -0.495 e. The zero-order valence-electron chi connectivity index (χ0n) is 18.1. The second-order valence-corrected chi connectivity index (χ2v) is 7.73. The Hall–Kier alpha value is -3.74. The second kappa shape index (κ2) is 9.81. The number of anilines is 1. The first-order valence-corrected chi connectivity index (χ1v) is 10.6. The van der Waals surface area contributed by atoms with Crippen LogP contribution in [0.15, 0.2) is 75.6 Å². The molecule has 0 spiro atoms. The summed E-state index contributed by atoms with van der Waals surface area (Å²) in [6, 6.07) is 18.1. The Morgan fingerprint density at radius 3 is 2.48 bits per heavy atom. The number of ether oxygens (including phenoxy) is 1.